The second-order valence-corrected chi connectivity index (χ2v) is 11.3. The molecule has 0 amide bonds. The van der Waals surface area contributed by atoms with Crippen molar-refractivity contribution in [2.75, 3.05) is 62.8 Å². The average molecular weight is 586 g/mol. The summed E-state index contributed by atoms with van der Waals surface area (Å²) in [6.45, 7) is 4.02. The van der Waals surface area contributed by atoms with Gasteiger partial charge in [-0.3, -0.25) is 4.79 Å². The number of ether oxygens (including phenoxy) is 1. The second kappa shape index (κ2) is 11.1. The topological polar surface area (TPSA) is 103 Å². The molecule has 4 heterocycles. The Labute approximate surface area is 241 Å². The Balaban J connectivity index is 1.52. The first-order valence-corrected chi connectivity index (χ1v) is 14.2. The largest absolute Gasteiger partial charge is 0.508 e. The van der Waals surface area contributed by atoms with E-state index in [1.807, 2.05) is 9.80 Å². The average Bonchev–Trinajstić information content (AvgIpc) is 3.61. The molecule has 0 bridgehead atoms. The maximum absolute atomic E-state index is 14.4. The summed E-state index contributed by atoms with van der Waals surface area (Å²) in [5, 5.41) is 27.7. The third kappa shape index (κ3) is 5.29. The van der Waals surface area contributed by atoms with Crippen LogP contribution in [0.5, 0.6) is 11.5 Å². The molecule has 1 atom stereocenters. The summed E-state index contributed by atoms with van der Waals surface area (Å²) >= 11 is 0. The Morgan fingerprint density at radius 2 is 1.95 bits per heavy atom. The summed E-state index contributed by atoms with van der Waals surface area (Å²) in [6.07, 6.45) is -2.34. The van der Waals surface area contributed by atoms with E-state index in [0.29, 0.717) is 72.5 Å². The summed E-state index contributed by atoms with van der Waals surface area (Å²) in [5.41, 5.74) is 0.332. The highest BCUT2D eigenvalue weighted by Crippen LogP contribution is 2.40. The number of fused-ring (bicyclic) bond motifs is 1. The molecule has 6 rings (SSSR count). The Hall–Kier alpha value is -3.77. The van der Waals surface area contributed by atoms with E-state index in [0.717, 1.165) is 36.7 Å². The third-order valence-electron chi connectivity index (χ3n) is 8.58. The van der Waals surface area contributed by atoms with Gasteiger partial charge in [0.2, 0.25) is 0 Å². The Morgan fingerprint density at radius 3 is 2.64 bits per heavy atom. The molecule has 1 unspecified atom stereocenters. The SMILES string of the molecule is COc1cc(O)cc(-c2nn(-c3cc(N4CC(CO)C4)ccc3C(F)(F)F)c(=O)c3c2CCN3CCC2CCNC2)c1. The molecule has 0 radical (unpaired) electrons. The van der Waals surface area contributed by atoms with Crippen LogP contribution in [0, 0.1) is 11.8 Å². The van der Waals surface area contributed by atoms with E-state index in [1.54, 1.807) is 6.07 Å². The Bertz CT molecular complexity index is 1530. The van der Waals surface area contributed by atoms with Gasteiger partial charge in [-0.15, -0.1) is 0 Å². The summed E-state index contributed by atoms with van der Waals surface area (Å²) in [6, 6.07) is 8.29. The first-order valence-electron chi connectivity index (χ1n) is 14.2. The third-order valence-corrected chi connectivity index (χ3v) is 8.58. The molecule has 12 heteroatoms. The van der Waals surface area contributed by atoms with Crippen LogP contribution in [0.2, 0.25) is 0 Å². The van der Waals surface area contributed by atoms with E-state index in [9.17, 15) is 28.2 Å². The van der Waals surface area contributed by atoms with Crippen LogP contribution in [0.1, 0.15) is 24.0 Å². The van der Waals surface area contributed by atoms with E-state index >= 15 is 0 Å². The quantitative estimate of drug-likeness (QED) is 0.370. The summed E-state index contributed by atoms with van der Waals surface area (Å²) in [5.74, 6) is 0.791. The maximum atomic E-state index is 14.4. The van der Waals surface area contributed by atoms with Gasteiger partial charge in [0.05, 0.1) is 24.1 Å². The molecule has 224 valence electrons. The number of halogens is 3. The molecule has 3 aliphatic rings. The normalized spacial score (nSPS) is 18.8. The van der Waals surface area contributed by atoms with Gasteiger partial charge in [-0.25, -0.2) is 0 Å². The van der Waals surface area contributed by atoms with Crippen LogP contribution in [0.4, 0.5) is 24.5 Å². The molecule has 3 aromatic rings. The lowest BCUT2D eigenvalue weighted by Gasteiger charge is -2.40. The van der Waals surface area contributed by atoms with Crippen LogP contribution in [-0.2, 0) is 12.6 Å². The number of aromatic hydroxyl groups is 1. The molecule has 0 spiro atoms. The number of aliphatic hydroxyl groups is 1. The van der Waals surface area contributed by atoms with Gasteiger partial charge in [0.1, 0.15) is 17.2 Å². The van der Waals surface area contributed by atoms with Crippen molar-refractivity contribution in [2.45, 2.75) is 25.4 Å². The van der Waals surface area contributed by atoms with E-state index in [2.05, 4.69) is 10.4 Å². The fourth-order valence-electron chi connectivity index (χ4n) is 6.25. The molecule has 2 aromatic carbocycles. The number of benzene rings is 2. The minimum Gasteiger partial charge on any atom is -0.508 e. The number of rotatable bonds is 8. The lowest BCUT2D eigenvalue weighted by molar-refractivity contribution is -0.137. The van der Waals surface area contributed by atoms with Gasteiger partial charge in [0.25, 0.3) is 5.56 Å². The molecule has 2 saturated heterocycles. The van der Waals surface area contributed by atoms with Crippen molar-refractivity contribution < 1.29 is 28.1 Å². The highest BCUT2D eigenvalue weighted by Gasteiger charge is 2.37. The number of nitrogens with one attached hydrogen (secondary N) is 1. The molecule has 9 nitrogen and oxygen atoms in total. The molecule has 0 aliphatic carbocycles. The van der Waals surface area contributed by atoms with Gasteiger partial charge in [0.15, 0.2) is 0 Å². The maximum Gasteiger partial charge on any atom is 0.418 e. The van der Waals surface area contributed by atoms with E-state index in [-0.39, 0.29) is 24.0 Å². The smallest absolute Gasteiger partial charge is 0.418 e. The number of aliphatic hydroxyl groups excluding tert-OH is 1. The number of anilines is 2. The molecular formula is C30H34F3N5O4. The number of phenolic OH excluding ortho intramolecular Hbond substituents is 1. The zero-order valence-corrected chi connectivity index (χ0v) is 23.3. The van der Waals surface area contributed by atoms with Gasteiger partial charge in [0, 0.05) is 61.6 Å². The van der Waals surface area contributed by atoms with Crippen LogP contribution in [0.15, 0.2) is 41.2 Å². The molecular weight excluding hydrogens is 551 g/mol. The number of hydrogen-bond acceptors (Lipinski definition) is 8. The number of aromatic nitrogens is 2. The van der Waals surface area contributed by atoms with Gasteiger partial charge < -0.3 is 30.1 Å². The van der Waals surface area contributed by atoms with Crippen molar-refractivity contribution in [3.8, 4) is 28.4 Å². The lowest BCUT2D eigenvalue weighted by atomic mass is 9.99. The minimum absolute atomic E-state index is 0.000669. The van der Waals surface area contributed by atoms with Crippen LogP contribution >= 0.6 is 0 Å². The van der Waals surface area contributed by atoms with Crippen molar-refractivity contribution in [3.63, 3.8) is 0 Å². The second-order valence-electron chi connectivity index (χ2n) is 11.3. The Morgan fingerprint density at radius 1 is 1.14 bits per heavy atom. The number of methoxy groups -OCH3 is 1. The fourth-order valence-corrected chi connectivity index (χ4v) is 6.25. The molecule has 1 aromatic heterocycles. The molecule has 3 N–H and O–H groups in total. The zero-order valence-electron chi connectivity index (χ0n) is 23.3. The summed E-state index contributed by atoms with van der Waals surface area (Å²) < 4.78 is 49.3. The van der Waals surface area contributed by atoms with Crippen molar-refractivity contribution in [3.05, 3.63) is 57.9 Å². The van der Waals surface area contributed by atoms with Gasteiger partial charge in [-0.2, -0.15) is 23.0 Å². The van der Waals surface area contributed by atoms with E-state index < -0.39 is 17.3 Å². The molecule has 3 aliphatic heterocycles. The number of hydrogen-bond donors (Lipinski definition) is 3. The summed E-state index contributed by atoms with van der Waals surface area (Å²) in [7, 11) is 1.45. The number of nitrogens with zero attached hydrogens (tertiary/aromatic N) is 4. The number of phenols is 1. The van der Waals surface area contributed by atoms with Crippen LogP contribution < -0.4 is 25.4 Å². The van der Waals surface area contributed by atoms with Crippen LogP contribution in [0.3, 0.4) is 0 Å². The van der Waals surface area contributed by atoms with Crippen molar-refractivity contribution in [2.24, 2.45) is 11.8 Å². The van der Waals surface area contributed by atoms with Gasteiger partial charge in [-0.05, 0) is 68.6 Å². The van der Waals surface area contributed by atoms with Gasteiger partial charge >= 0.3 is 6.18 Å². The minimum atomic E-state index is -4.74. The number of alkyl halides is 3. The van der Waals surface area contributed by atoms with Crippen LogP contribution in [0.25, 0.3) is 16.9 Å². The van der Waals surface area contributed by atoms with Gasteiger partial charge in [-0.1, -0.05) is 0 Å². The van der Waals surface area contributed by atoms with Crippen LogP contribution in [-0.4, -0.2) is 73.0 Å². The van der Waals surface area contributed by atoms with Crippen molar-refractivity contribution >= 4 is 11.4 Å². The summed E-state index contributed by atoms with van der Waals surface area (Å²) in [4.78, 5) is 18.0. The fraction of sp³-hybridized carbons (Fsp3) is 0.467. The standard InChI is InChI=1S/C30H34F3N5O4/c1-42-23-11-20(10-22(40)13-23)27-24-6-9-36(8-5-18-4-7-34-14-18)28(24)29(41)38(35-27)26-12-21(37-15-19(16-37)17-39)2-3-25(26)30(31,32)33/h2-3,10-13,18-19,34,39-40H,4-9,14-17H2,1H3. The molecule has 2 fully saturated rings. The zero-order chi connectivity index (χ0) is 29.6. The van der Waals surface area contributed by atoms with Crippen molar-refractivity contribution in [1.29, 1.82) is 0 Å². The highest BCUT2D eigenvalue weighted by molar-refractivity contribution is 5.75. The van der Waals surface area contributed by atoms with Crippen molar-refractivity contribution in [1.82, 2.24) is 15.1 Å². The van der Waals surface area contributed by atoms with E-state index in [4.69, 9.17) is 4.74 Å². The first-order chi connectivity index (χ1) is 20.2. The lowest BCUT2D eigenvalue weighted by Crippen LogP contribution is -2.48. The predicted octanol–water partition coefficient (Wildman–Crippen LogP) is 3.42. The Kier molecular flexibility index (Phi) is 7.52. The first kappa shape index (κ1) is 28.4. The molecule has 42 heavy (non-hydrogen) atoms. The van der Waals surface area contributed by atoms with E-state index in [1.165, 1.54) is 31.4 Å². The predicted molar refractivity (Wildman–Crippen MR) is 153 cm³/mol. The molecule has 0 saturated carbocycles. The highest BCUT2D eigenvalue weighted by atomic mass is 19.4. The monoisotopic (exact) mass is 585 g/mol.